The predicted molar refractivity (Wildman–Crippen MR) is 117 cm³/mol. The summed E-state index contributed by atoms with van der Waals surface area (Å²) < 4.78 is 2.13. The maximum Gasteiger partial charge on any atom is 0.196 e. The van der Waals surface area contributed by atoms with E-state index in [9.17, 15) is 0 Å². The van der Waals surface area contributed by atoms with E-state index < -0.39 is 0 Å². The van der Waals surface area contributed by atoms with Crippen LogP contribution in [0.1, 0.15) is 16.7 Å². The Hall–Kier alpha value is -2.56. The molecule has 0 atom stereocenters. The van der Waals surface area contributed by atoms with Gasteiger partial charge in [-0.25, -0.2) is 0 Å². The molecule has 0 saturated heterocycles. The summed E-state index contributed by atoms with van der Waals surface area (Å²) in [4.78, 5) is 0. The highest BCUT2D eigenvalue weighted by atomic mass is 35.5. The molecule has 4 rings (SSSR count). The van der Waals surface area contributed by atoms with Crippen molar-refractivity contribution in [3.8, 4) is 17.1 Å². The van der Waals surface area contributed by atoms with Crippen molar-refractivity contribution in [3.63, 3.8) is 0 Å². The van der Waals surface area contributed by atoms with Gasteiger partial charge in [0.15, 0.2) is 11.0 Å². The fourth-order valence-electron chi connectivity index (χ4n) is 2.97. The molecule has 28 heavy (non-hydrogen) atoms. The third-order valence-electron chi connectivity index (χ3n) is 4.70. The Morgan fingerprint density at radius 1 is 0.857 bits per heavy atom. The summed E-state index contributed by atoms with van der Waals surface area (Å²) in [6.07, 6.45) is 0. The molecule has 140 valence electrons. The van der Waals surface area contributed by atoms with Gasteiger partial charge in [-0.3, -0.25) is 4.57 Å². The van der Waals surface area contributed by atoms with Crippen LogP contribution < -0.4 is 0 Å². The first kappa shape index (κ1) is 18.8. The summed E-state index contributed by atoms with van der Waals surface area (Å²) in [6, 6.07) is 24.6. The molecule has 0 radical (unpaired) electrons. The summed E-state index contributed by atoms with van der Waals surface area (Å²) >= 11 is 7.76. The van der Waals surface area contributed by atoms with Crippen molar-refractivity contribution in [2.75, 3.05) is 0 Å². The van der Waals surface area contributed by atoms with E-state index in [2.05, 4.69) is 71.1 Å². The van der Waals surface area contributed by atoms with Gasteiger partial charge in [0.1, 0.15) is 0 Å². The Kier molecular flexibility index (Phi) is 5.51. The van der Waals surface area contributed by atoms with E-state index in [0.717, 1.165) is 28.0 Å². The first-order valence-corrected chi connectivity index (χ1v) is 10.4. The standard InChI is InChI=1S/C23H20ClN3S/c1-16-8-13-21(14-17(16)2)27-22(19-9-11-20(24)12-10-19)25-26-23(27)28-15-18-6-4-3-5-7-18/h3-14H,15H2,1-2H3. The molecule has 0 saturated carbocycles. The second-order valence-corrected chi connectivity index (χ2v) is 8.07. The van der Waals surface area contributed by atoms with Crippen LogP contribution in [0, 0.1) is 13.8 Å². The van der Waals surface area contributed by atoms with Crippen LogP contribution in [0.15, 0.2) is 78.0 Å². The number of benzene rings is 3. The average Bonchev–Trinajstić information content (AvgIpc) is 3.14. The smallest absolute Gasteiger partial charge is 0.196 e. The third-order valence-corrected chi connectivity index (χ3v) is 5.95. The van der Waals surface area contributed by atoms with E-state index in [1.165, 1.54) is 16.7 Å². The number of hydrogen-bond acceptors (Lipinski definition) is 3. The molecule has 0 aliphatic heterocycles. The lowest BCUT2D eigenvalue weighted by molar-refractivity contribution is 0.884. The zero-order chi connectivity index (χ0) is 19.5. The number of aromatic nitrogens is 3. The molecular formula is C23H20ClN3S. The van der Waals surface area contributed by atoms with Crippen molar-refractivity contribution in [2.24, 2.45) is 0 Å². The summed E-state index contributed by atoms with van der Waals surface area (Å²) in [5.74, 6) is 1.65. The molecular weight excluding hydrogens is 386 g/mol. The molecule has 0 aliphatic rings. The second kappa shape index (κ2) is 8.21. The normalized spacial score (nSPS) is 11.0. The molecule has 0 N–H and O–H groups in total. The molecule has 0 aliphatic carbocycles. The Balaban J connectivity index is 1.77. The molecule has 1 aromatic heterocycles. The Labute approximate surface area is 174 Å². The molecule has 0 spiro atoms. The number of thioether (sulfide) groups is 1. The minimum absolute atomic E-state index is 0.708. The minimum Gasteiger partial charge on any atom is -0.270 e. The first-order valence-electron chi connectivity index (χ1n) is 9.07. The van der Waals surface area contributed by atoms with Crippen LogP contribution in [-0.4, -0.2) is 14.8 Å². The molecule has 3 nitrogen and oxygen atoms in total. The quantitative estimate of drug-likeness (QED) is 0.355. The molecule has 5 heteroatoms. The van der Waals surface area contributed by atoms with Gasteiger partial charge >= 0.3 is 0 Å². The Morgan fingerprint density at radius 3 is 2.32 bits per heavy atom. The van der Waals surface area contributed by atoms with E-state index >= 15 is 0 Å². The van der Waals surface area contributed by atoms with Crippen LogP contribution in [0.2, 0.25) is 5.02 Å². The van der Waals surface area contributed by atoms with Gasteiger partial charge in [-0.15, -0.1) is 10.2 Å². The Bertz CT molecular complexity index is 1090. The zero-order valence-electron chi connectivity index (χ0n) is 15.8. The molecule has 0 fully saturated rings. The van der Waals surface area contributed by atoms with E-state index in [1.54, 1.807) is 11.8 Å². The first-order chi connectivity index (χ1) is 13.6. The Morgan fingerprint density at radius 2 is 1.61 bits per heavy atom. The summed E-state index contributed by atoms with van der Waals surface area (Å²) in [6.45, 7) is 4.25. The number of hydrogen-bond donors (Lipinski definition) is 0. The monoisotopic (exact) mass is 405 g/mol. The number of halogens is 1. The average molecular weight is 406 g/mol. The maximum absolute atomic E-state index is 6.07. The second-order valence-electron chi connectivity index (χ2n) is 6.69. The zero-order valence-corrected chi connectivity index (χ0v) is 17.3. The fourth-order valence-corrected chi connectivity index (χ4v) is 4.00. The number of nitrogens with zero attached hydrogens (tertiary/aromatic N) is 3. The largest absolute Gasteiger partial charge is 0.270 e. The molecule has 0 bridgehead atoms. The van der Waals surface area contributed by atoms with E-state index in [0.29, 0.717) is 5.02 Å². The van der Waals surface area contributed by atoms with Crippen molar-refractivity contribution < 1.29 is 0 Å². The van der Waals surface area contributed by atoms with Crippen LogP contribution in [0.3, 0.4) is 0 Å². The van der Waals surface area contributed by atoms with Crippen LogP contribution in [-0.2, 0) is 5.75 Å². The highest BCUT2D eigenvalue weighted by Crippen LogP contribution is 2.31. The number of rotatable bonds is 5. The lowest BCUT2D eigenvalue weighted by Gasteiger charge is -2.12. The van der Waals surface area contributed by atoms with Gasteiger partial charge in [-0.2, -0.15) is 0 Å². The highest BCUT2D eigenvalue weighted by molar-refractivity contribution is 7.98. The number of aryl methyl sites for hydroxylation is 2. The van der Waals surface area contributed by atoms with Crippen molar-refractivity contribution in [1.82, 2.24) is 14.8 Å². The van der Waals surface area contributed by atoms with Gasteiger partial charge in [0.05, 0.1) is 5.69 Å². The van der Waals surface area contributed by atoms with Gasteiger partial charge in [-0.1, -0.05) is 59.8 Å². The van der Waals surface area contributed by atoms with Crippen molar-refractivity contribution in [2.45, 2.75) is 24.8 Å². The molecule has 4 aromatic rings. The summed E-state index contributed by atoms with van der Waals surface area (Å²) in [5, 5.41) is 10.6. The fraction of sp³-hybridized carbons (Fsp3) is 0.130. The lowest BCUT2D eigenvalue weighted by atomic mass is 10.1. The third kappa shape index (κ3) is 3.98. The van der Waals surface area contributed by atoms with Crippen molar-refractivity contribution in [3.05, 3.63) is 94.5 Å². The molecule has 0 unspecified atom stereocenters. The molecule has 0 amide bonds. The van der Waals surface area contributed by atoms with Gasteiger partial charge in [0.2, 0.25) is 0 Å². The summed E-state index contributed by atoms with van der Waals surface area (Å²) in [5.41, 5.74) is 5.82. The molecule has 1 heterocycles. The van der Waals surface area contributed by atoms with Crippen LogP contribution in [0.25, 0.3) is 17.1 Å². The molecule has 3 aromatic carbocycles. The van der Waals surface area contributed by atoms with Crippen molar-refractivity contribution in [1.29, 1.82) is 0 Å². The minimum atomic E-state index is 0.708. The van der Waals surface area contributed by atoms with Crippen molar-refractivity contribution >= 4 is 23.4 Å². The van der Waals surface area contributed by atoms with Gasteiger partial charge in [0, 0.05) is 16.3 Å². The predicted octanol–water partition coefficient (Wildman–Crippen LogP) is 6.50. The van der Waals surface area contributed by atoms with Gasteiger partial charge in [0.25, 0.3) is 0 Å². The van der Waals surface area contributed by atoms with Gasteiger partial charge < -0.3 is 0 Å². The van der Waals surface area contributed by atoms with E-state index in [4.69, 9.17) is 11.6 Å². The summed E-state index contributed by atoms with van der Waals surface area (Å²) in [7, 11) is 0. The van der Waals surface area contributed by atoms with E-state index in [1.807, 2.05) is 30.3 Å². The maximum atomic E-state index is 6.07. The SMILES string of the molecule is Cc1ccc(-n2c(SCc3ccccc3)nnc2-c2ccc(Cl)cc2)cc1C. The highest BCUT2D eigenvalue weighted by Gasteiger charge is 2.16. The van der Waals surface area contributed by atoms with Crippen LogP contribution >= 0.6 is 23.4 Å². The topological polar surface area (TPSA) is 30.7 Å². The van der Waals surface area contributed by atoms with Crippen LogP contribution in [0.5, 0.6) is 0 Å². The van der Waals surface area contributed by atoms with Gasteiger partial charge in [-0.05, 0) is 66.9 Å². The van der Waals surface area contributed by atoms with E-state index in [-0.39, 0.29) is 0 Å². The lowest BCUT2D eigenvalue weighted by Crippen LogP contribution is -2.01. The van der Waals surface area contributed by atoms with Crippen LogP contribution in [0.4, 0.5) is 0 Å².